The van der Waals surface area contributed by atoms with Crippen LogP contribution in [0, 0.1) is 5.92 Å². The number of rotatable bonds is 6. The van der Waals surface area contributed by atoms with Gasteiger partial charge in [-0.3, -0.25) is 0 Å². The van der Waals surface area contributed by atoms with Gasteiger partial charge in [0.15, 0.2) is 0 Å². The van der Waals surface area contributed by atoms with E-state index in [0.717, 1.165) is 30.9 Å². The molecule has 0 aliphatic heterocycles. The first-order valence-corrected chi connectivity index (χ1v) is 8.32. The van der Waals surface area contributed by atoms with E-state index < -0.39 is 25.1 Å². The average Bonchev–Trinajstić information content (AvgIpc) is 2.55. The molecule has 0 N–H and O–H groups in total. The molecule has 0 nitrogen and oxygen atoms in total. The first-order valence-electron chi connectivity index (χ1n) is 8.32. The van der Waals surface area contributed by atoms with E-state index in [4.69, 9.17) is 0 Å². The monoisotopic (exact) mass is 360 g/mol. The Labute approximate surface area is 146 Å². The van der Waals surface area contributed by atoms with Crippen LogP contribution < -0.4 is 0 Å². The van der Waals surface area contributed by atoms with Gasteiger partial charge in [-0.2, -0.15) is 13.2 Å². The van der Waals surface area contributed by atoms with E-state index in [2.05, 4.69) is 13.0 Å². The fourth-order valence-electron chi connectivity index (χ4n) is 2.42. The molecule has 0 aromatic heterocycles. The van der Waals surface area contributed by atoms with E-state index in [1.807, 2.05) is 0 Å². The molecule has 25 heavy (non-hydrogen) atoms. The van der Waals surface area contributed by atoms with Crippen LogP contribution in [0.25, 0.3) is 0 Å². The van der Waals surface area contributed by atoms with Crippen molar-refractivity contribution < 1.29 is 22.0 Å². The van der Waals surface area contributed by atoms with Crippen molar-refractivity contribution in [3.05, 3.63) is 58.2 Å². The van der Waals surface area contributed by atoms with Crippen LogP contribution in [0.15, 0.2) is 58.2 Å². The normalized spacial score (nSPS) is 21.4. The quantitative estimate of drug-likeness (QED) is 0.354. The molecule has 0 radical (unpaired) electrons. The van der Waals surface area contributed by atoms with Crippen LogP contribution in [0.4, 0.5) is 22.0 Å². The zero-order chi connectivity index (χ0) is 19.0. The van der Waals surface area contributed by atoms with Gasteiger partial charge in [-0.05, 0) is 61.3 Å². The second-order valence-corrected chi connectivity index (χ2v) is 6.46. The molecule has 5 heteroatoms. The van der Waals surface area contributed by atoms with Gasteiger partial charge in [0.25, 0.3) is 0 Å². The van der Waals surface area contributed by atoms with Gasteiger partial charge in [0.05, 0.1) is 5.57 Å². The Morgan fingerprint density at radius 2 is 1.64 bits per heavy atom. The summed E-state index contributed by atoms with van der Waals surface area (Å²) in [5.74, 6) is 0.609. The maximum Gasteiger partial charge on any atom is 0.415 e. The maximum absolute atomic E-state index is 13.3. The van der Waals surface area contributed by atoms with Gasteiger partial charge in [-0.25, -0.2) is 8.78 Å². The smallest absolute Gasteiger partial charge is 0.246 e. The van der Waals surface area contributed by atoms with Crippen LogP contribution in [0.2, 0.25) is 0 Å². The third-order valence-corrected chi connectivity index (χ3v) is 4.43. The predicted molar refractivity (Wildman–Crippen MR) is 92.8 cm³/mol. The number of hydrogen-bond acceptors (Lipinski definition) is 0. The highest BCUT2D eigenvalue weighted by molar-refractivity contribution is 5.40. The third-order valence-electron chi connectivity index (χ3n) is 4.43. The fourth-order valence-corrected chi connectivity index (χ4v) is 2.42. The molecule has 0 saturated heterocycles. The largest absolute Gasteiger partial charge is 0.415 e. The highest BCUT2D eigenvalue weighted by Gasteiger charge is 2.32. The first-order chi connectivity index (χ1) is 11.7. The molecule has 1 unspecified atom stereocenters. The summed E-state index contributed by atoms with van der Waals surface area (Å²) in [6, 6.07) is 0. The summed E-state index contributed by atoms with van der Waals surface area (Å²) in [5.41, 5.74) is 1.65. The van der Waals surface area contributed by atoms with Gasteiger partial charge >= 0.3 is 6.18 Å². The van der Waals surface area contributed by atoms with E-state index in [0.29, 0.717) is 22.6 Å². The molecule has 0 aromatic carbocycles. The number of hydrogen-bond donors (Lipinski definition) is 0. The van der Waals surface area contributed by atoms with Gasteiger partial charge < -0.3 is 0 Å². The van der Waals surface area contributed by atoms with Crippen molar-refractivity contribution in [2.75, 3.05) is 13.3 Å². The van der Waals surface area contributed by atoms with Crippen molar-refractivity contribution in [3.8, 4) is 0 Å². The van der Waals surface area contributed by atoms with Gasteiger partial charge in [-0.15, -0.1) is 0 Å². The van der Waals surface area contributed by atoms with Crippen molar-refractivity contribution in [2.45, 2.75) is 46.2 Å². The molecule has 0 saturated carbocycles. The molecular weight excluding hydrogens is 335 g/mol. The molecule has 1 rings (SSSR count). The summed E-state index contributed by atoms with van der Waals surface area (Å²) in [6.45, 7) is 3.39. The summed E-state index contributed by atoms with van der Waals surface area (Å²) in [4.78, 5) is 0. The fraction of sp³-hybridized carbons (Fsp3) is 0.500. The minimum absolute atomic E-state index is 0.566. The Balaban J connectivity index is 2.94. The third kappa shape index (κ3) is 7.00. The topological polar surface area (TPSA) is 0 Å². The highest BCUT2D eigenvalue weighted by Crippen LogP contribution is 2.28. The van der Waals surface area contributed by atoms with Crippen LogP contribution >= 0.6 is 0 Å². The molecule has 0 aromatic rings. The summed E-state index contributed by atoms with van der Waals surface area (Å²) >= 11 is 0. The van der Waals surface area contributed by atoms with Crippen LogP contribution in [-0.4, -0.2) is 19.5 Å². The molecule has 0 fully saturated rings. The van der Waals surface area contributed by atoms with Crippen LogP contribution in [0.5, 0.6) is 0 Å². The molecule has 1 aliphatic rings. The maximum atomic E-state index is 13.3. The molecule has 0 heterocycles. The number of halogens is 5. The Bertz CT molecular complexity index is 600. The molecule has 1 atom stereocenters. The van der Waals surface area contributed by atoms with E-state index >= 15 is 0 Å². The lowest BCUT2D eigenvalue weighted by Crippen LogP contribution is -2.13. The second-order valence-electron chi connectivity index (χ2n) is 6.46. The summed E-state index contributed by atoms with van der Waals surface area (Å²) in [6.07, 6.45) is 5.54. The van der Waals surface area contributed by atoms with E-state index in [9.17, 15) is 22.0 Å². The number of allylic oxidation sites excluding steroid dienone is 10. The van der Waals surface area contributed by atoms with Crippen LogP contribution in [0.3, 0.4) is 0 Å². The number of alkyl halides is 5. The average molecular weight is 360 g/mol. The highest BCUT2D eigenvalue weighted by atomic mass is 19.4. The molecule has 0 bridgehead atoms. The minimum atomic E-state index is -4.67. The zero-order valence-electron chi connectivity index (χ0n) is 14.9. The van der Waals surface area contributed by atoms with Crippen molar-refractivity contribution in [1.82, 2.24) is 0 Å². The Hall–Kier alpha value is -1.65. The molecular formula is C20H25F5. The van der Waals surface area contributed by atoms with Crippen molar-refractivity contribution >= 4 is 0 Å². The standard InChI is InChI=1S/C20H25F5/c1-14-4-8-17(9-5-14)18(12-21)10-6-15(2)16(3)7-11-19(13-22)20(23,24)25/h6-8,10-11,14H,4-5,9,12-13H2,1-3H3/b15-6+,16-7+,18-10+,19-11+. The van der Waals surface area contributed by atoms with Crippen molar-refractivity contribution in [3.63, 3.8) is 0 Å². The Morgan fingerprint density at radius 1 is 1.04 bits per heavy atom. The lowest BCUT2D eigenvalue weighted by atomic mass is 9.87. The summed E-state index contributed by atoms with van der Waals surface area (Å²) < 4.78 is 63.2. The van der Waals surface area contributed by atoms with E-state index in [1.54, 1.807) is 26.0 Å². The Kier molecular flexibility index (Phi) is 8.33. The first kappa shape index (κ1) is 21.4. The lowest BCUT2D eigenvalue weighted by molar-refractivity contribution is -0.0949. The van der Waals surface area contributed by atoms with Crippen LogP contribution in [0.1, 0.15) is 40.0 Å². The van der Waals surface area contributed by atoms with E-state index in [1.165, 1.54) is 6.08 Å². The van der Waals surface area contributed by atoms with Gasteiger partial charge in [0, 0.05) is 0 Å². The summed E-state index contributed by atoms with van der Waals surface area (Å²) in [5, 5.41) is 0. The molecule has 0 amide bonds. The molecule has 140 valence electrons. The van der Waals surface area contributed by atoms with E-state index in [-0.39, 0.29) is 0 Å². The summed E-state index contributed by atoms with van der Waals surface area (Å²) in [7, 11) is 0. The Morgan fingerprint density at radius 3 is 2.08 bits per heavy atom. The SMILES string of the molecule is CC(=C\C=C(/CF)C1=CCC(C)CC1)/C(C)=C/C=C(\CF)C(F)(F)F. The second kappa shape index (κ2) is 9.73. The van der Waals surface area contributed by atoms with Gasteiger partial charge in [0.1, 0.15) is 13.3 Å². The van der Waals surface area contributed by atoms with Gasteiger partial charge in [0.2, 0.25) is 0 Å². The predicted octanol–water partition coefficient (Wildman–Crippen LogP) is 6.98. The zero-order valence-corrected chi connectivity index (χ0v) is 14.9. The van der Waals surface area contributed by atoms with Gasteiger partial charge in [-0.1, -0.05) is 37.3 Å². The molecule has 1 aliphatic carbocycles. The molecule has 0 spiro atoms. The van der Waals surface area contributed by atoms with Crippen LogP contribution in [-0.2, 0) is 0 Å². The van der Waals surface area contributed by atoms with Crippen molar-refractivity contribution in [2.24, 2.45) is 5.92 Å². The minimum Gasteiger partial charge on any atom is -0.246 e. The lowest BCUT2D eigenvalue weighted by Gasteiger charge is -2.19. The van der Waals surface area contributed by atoms with Crippen molar-refractivity contribution in [1.29, 1.82) is 0 Å².